The number of hydrogen-bond acceptors (Lipinski definition) is 5. The Labute approximate surface area is 121 Å². The number of nitrogens with zero attached hydrogens (tertiary/aromatic N) is 5. The van der Waals surface area contributed by atoms with Crippen LogP contribution in [0.2, 0.25) is 0 Å². The van der Waals surface area contributed by atoms with Crippen LogP contribution in [0.25, 0.3) is 5.65 Å². The van der Waals surface area contributed by atoms with Gasteiger partial charge in [0, 0.05) is 35.9 Å². The number of thiazole rings is 1. The van der Waals surface area contributed by atoms with Crippen LogP contribution in [-0.2, 0) is 6.54 Å². The van der Waals surface area contributed by atoms with E-state index in [2.05, 4.69) is 40.0 Å². The van der Waals surface area contributed by atoms with Crippen LogP contribution in [0.15, 0.2) is 17.6 Å². The molecule has 3 rings (SSSR count). The summed E-state index contributed by atoms with van der Waals surface area (Å²) in [6.45, 7) is 6.87. The molecule has 0 saturated heterocycles. The highest BCUT2D eigenvalue weighted by molar-refractivity contribution is 7.09. The Bertz CT molecular complexity index is 745. The van der Waals surface area contributed by atoms with Crippen molar-refractivity contribution < 1.29 is 0 Å². The maximum Gasteiger partial charge on any atom is 0.160 e. The van der Waals surface area contributed by atoms with Crippen LogP contribution >= 0.6 is 11.3 Å². The van der Waals surface area contributed by atoms with Crippen LogP contribution in [0.3, 0.4) is 0 Å². The molecule has 0 atom stereocenters. The van der Waals surface area contributed by atoms with E-state index < -0.39 is 0 Å². The largest absolute Gasteiger partial charge is 0.353 e. The maximum absolute atomic E-state index is 4.60. The fourth-order valence-corrected chi connectivity index (χ4v) is 2.89. The van der Waals surface area contributed by atoms with Crippen molar-refractivity contribution in [2.45, 2.75) is 27.3 Å². The molecule has 0 fully saturated rings. The highest BCUT2D eigenvalue weighted by atomic mass is 32.1. The van der Waals surface area contributed by atoms with Gasteiger partial charge in [0.1, 0.15) is 10.8 Å². The van der Waals surface area contributed by atoms with Gasteiger partial charge in [0.25, 0.3) is 0 Å². The van der Waals surface area contributed by atoms with Crippen LogP contribution in [0.5, 0.6) is 0 Å². The summed E-state index contributed by atoms with van der Waals surface area (Å²) >= 11 is 1.67. The van der Waals surface area contributed by atoms with Gasteiger partial charge in [-0.05, 0) is 20.8 Å². The first-order chi connectivity index (χ1) is 9.56. The van der Waals surface area contributed by atoms with Gasteiger partial charge in [-0.15, -0.1) is 11.3 Å². The molecular weight excluding hydrogens is 270 g/mol. The number of fused-ring (bicyclic) bond motifs is 1. The lowest BCUT2D eigenvalue weighted by molar-refractivity contribution is 0.817. The van der Waals surface area contributed by atoms with E-state index in [-0.39, 0.29) is 0 Å². The van der Waals surface area contributed by atoms with E-state index in [1.165, 1.54) is 0 Å². The van der Waals surface area contributed by atoms with Crippen molar-refractivity contribution in [3.63, 3.8) is 0 Å². The number of hydrogen-bond donors (Lipinski definition) is 0. The average molecular weight is 287 g/mol. The smallest absolute Gasteiger partial charge is 0.160 e. The summed E-state index contributed by atoms with van der Waals surface area (Å²) in [5, 5.41) is 7.69. The fraction of sp³-hybridized carbons (Fsp3) is 0.357. The van der Waals surface area contributed by atoms with Gasteiger partial charge in [-0.25, -0.2) is 9.97 Å². The second-order valence-corrected chi connectivity index (χ2v) is 5.96. The van der Waals surface area contributed by atoms with Crippen molar-refractivity contribution in [2.24, 2.45) is 0 Å². The fourth-order valence-electron chi connectivity index (χ4n) is 2.22. The van der Waals surface area contributed by atoms with E-state index in [9.17, 15) is 0 Å². The van der Waals surface area contributed by atoms with E-state index in [1.807, 2.05) is 29.9 Å². The monoisotopic (exact) mass is 287 g/mol. The minimum atomic E-state index is 0.772. The first kappa shape index (κ1) is 13.1. The summed E-state index contributed by atoms with van der Waals surface area (Å²) in [4.78, 5) is 11.1. The molecule has 3 aromatic rings. The van der Waals surface area contributed by atoms with Crippen molar-refractivity contribution in [3.05, 3.63) is 39.6 Å². The number of aryl methyl sites for hydroxylation is 3. The third-order valence-electron chi connectivity index (χ3n) is 3.41. The molecule has 20 heavy (non-hydrogen) atoms. The number of anilines is 1. The summed E-state index contributed by atoms with van der Waals surface area (Å²) in [6.07, 6.45) is 1.84. The van der Waals surface area contributed by atoms with Crippen LogP contribution < -0.4 is 4.90 Å². The second kappa shape index (κ2) is 4.86. The SMILES string of the molecule is Cc1cc(N(C)Cc2nccs2)n2nc(C)c(C)c2n1. The molecule has 0 radical (unpaired) electrons. The third-order valence-corrected chi connectivity index (χ3v) is 4.18. The van der Waals surface area contributed by atoms with Gasteiger partial charge in [-0.3, -0.25) is 0 Å². The highest BCUT2D eigenvalue weighted by Crippen LogP contribution is 2.22. The molecule has 0 bridgehead atoms. The van der Waals surface area contributed by atoms with Gasteiger partial charge in [0.15, 0.2) is 5.65 Å². The van der Waals surface area contributed by atoms with Crippen molar-refractivity contribution in [2.75, 3.05) is 11.9 Å². The summed E-state index contributed by atoms with van der Waals surface area (Å²) in [5.41, 5.74) is 4.09. The Hall–Kier alpha value is -1.95. The second-order valence-electron chi connectivity index (χ2n) is 4.98. The maximum atomic E-state index is 4.60. The first-order valence-electron chi connectivity index (χ1n) is 6.49. The summed E-state index contributed by atoms with van der Waals surface area (Å²) in [6, 6.07) is 2.06. The zero-order chi connectivity index (χ0) is 14.3. The Morgan fingerprint density at radius 2 is 2.10 bits per heavy atom. The highest BCUT2D eigenvalue weighted by Gasteiger charge is 2.14. The minimum absolute atomic E-state index is 0.772. The summed E-state index contributed by atoms with van der Waals surface area (Å²) < 4.78 is 1.92. The van der Waals surface area contributed by atoms with Crippen molar-refractivity contribution in [3.8, 4) is 0 Å². The summed E-state index contributed by atoms with van der Waals surface area (Å²) in [7, 11) is 2.06. The molecule has 0 aliphatic rings. The quantitative estimate of drug-likeness (QED) is 0.743. The van der Waals surface area contributed by atoms with Crippen LogP contribution in [0, 0.1) is 20.8 Å². The molecule has 0 amide bonds. The molecule has 0 spiro atoms. The molecule has 3 heterocycles. The van der Waals surface area contributed by atoms with Gasteiger partial charge in [0.2, 0.25) is 0 Å². The van der Waals surface area contributed by atoms with E-state index in [0.717, 1.165) is 40.0 Å². The van der Waals surface area contributed by atoms with Crippen molar-refractivity contribution in [1.29, 1.82) is 0 Å². The van der Waals surface area contributed by atoms with E-state index in [1.54, 1.807) is 11.3 Å². The Morgan fingerprint density at radius 3 is 2.80 bits per heavy atom. The summed E-state index contributed by atoms with van der Waals surface area (Å²) in [5.74, 6) is 1.04. The van der Waals surface area contributed by atoms with Crippen LogP contribution in [0.4, 0.5) is 5.82 Å². The Balaban J connectivity index is 2.08. The first-order valence-corrected chi connectivity index (χ1v) is 7.37. The molecule has 5 nitrogen and oxygen atoms in total. The van der Waals surface area contributed by atoms with E-state index in [4.69, 9.17) is 0 Å². The van der Waals surface area contributed by atoms with Crippen LogP contribution in [-0.4, -0.2) is 26.6 Å². The zero-order valence-electron chi connectivity index (χ0n) is 12.1. The molecule has 0 unspecified atom stereocenters. The molecule has 0 aliphatic carbocycles. The molecule has 0 saturated carbocycles. The Kier molecular flexibility index (Phi) is 3.17. The normalized spacial score (nSPS) is 11.2. The molecule has 0 aromatic carbocycles. The molecule has 3 aromatic heterocycles. The Morgan fingerprint density at radius 1 is 1.30 bits per heavy atom. The minimum Gasteiger partial charge on any atom is -0.353 e. The van der Waals surface area contributed by atoms with Crippen molar-refractivity contribution >= 4 is 22.8 Å². The lowest BCUT2D eigenvalue weighted by atomic mass is 10.3. The molecule has 104 valence electrons. The molecule has 0 N–H and O–H groups in total. The van der Waals surface area contributed by atoms with Gasteiger partial charge in [-0.1, -0.05) is 0 Å². The van der Waals surface area contributed by atoms with Crippen molar-refractivity contribution in [1.82, 2.24) is 19.6 Å². The topological polar surface area (TPSA) is 46.3 Å². The van der Waals surface area contributed by atoms with Gasteiger partial charge in [-0.2, -0.15) is 9.61 Å². The van der Waals surface area contributed by atoms with E-state index in [0.29, 0.717) is 0 Å². The van der Waals surface area contributed by atoms with Crippen LogP contribution in [0.1, 0.15) is 22.0 Å². The lowest BCUT2D eigenvalue weighted by Crippen LogP contribution is -2.20. The lowest BCUT2D eigenvalue weighted by Gasteiger charge is -2.19. The van der Waals surface area contributed by atoms with Gasteiger partial charge >= 0.3 is 0 Å². The molecule has 0 aliphatic heterocycles. The number of rotatable bonds is 3. The van der Waals surface area contributed by atoms with Gasteiger partial charge < -0.3 is 4.90 Å². The third kappa shape index (κ3) is 2.16. The average Bonchev–Trinajstić information content (AvgIpc) is 3.00. The molecular formula is C14H17N5S. The predicted molar refractivity (Wildman–Crippen MR) is 81.4 cm³/mol. The zero-order valence-corrected chi connectivity index (χ0v) is 12.9. The van der Waals surface area contributed by atoms with Gasteiger partial charge in [0.05, 0.1) is 12.2 Å². The molecule has 6 heteroatoms. The predicted octanol–water partition coefficient (Wildman–Crippen LogP) is 2.75. The number of aromatic nitrogens is 4. The standard InChI is InChI=1S/C14H17N5S/c1-9-7-13(18(4)8-12-15-5-6-20-12)19-14(16-9)10(2)11(3)17-19/h5-7H,8H2,1-4H3. The van der Waals surface area contributed by atoms with E-state index >= 15 is 0 Å².